The van der Waals surface area contributed by atoms with E-state index in [0.29, 0.717) is 0 Å². The average molecular weight is 297 g/mol. The van der Waals surface area contributed by atoms with Gasteiger partial charge in [0.1, 0.15) is 11.4 Å². The van der Waals surface area contributed by atoms with Crippen LogP contribution in [0.1, 0.15) is 31.1 Å². The minimum Gasteiger partial charge on any atom is -0.444 e. The van der Waals surface area contributed by atoms with Crippen LogP contribution in [0.3, 0.4) is 0 Å². The van der Waals surface area contributed by atoms with E-state index >= 15 is 0 Å². The first kappa shape index (κ1) is 16.7. The lowest BCUT2D eigenvalue weighted by Crippen LogP contribution is -2.35. The Labute approximate surface area is 122 Å². The van der Waals surface area contributed by atoms with Crippen molar-refractivity contribution in [3.05, 3.63) is 29.6 Å². The molecule has 0 radical (unpaired) electrons. The van der Waals surface area contributed by atoms with Gasteiger partial charge in [-0.2, -0.15) is 0 Å². The van der Waals surface area contributed by atoms with Crippen LogP contribution in [0.2, 0.25) is 0 Å². The van der Waals surface area contributed by atoms with Crippen LogP contribution in [0.25, 0.3) is 0 Å². The lowest BCUT2D eigenvalue weighted by molar-refractivity contribution is 0.0530. The van der Waals surface area contributed by atoms with Gasteiger partial charge in [0.15, 0.2) is 0 Å². The quantitative estimate of drug-likeness (QED) is 0.723. The molecular formula is C14H20FN3O3. The van der Waals surface area contributed by atoms with E-state index in [9.17, 15) is 14.0 Å². The van der Waals surface area contributed by atoms with Crippen LogP contribution in [-0.2, 0) is 4.74 Å². The third-order valence-electron chi connectivity index (χ3n) is 2.36. The lowest BCUT2D eigenvalue weighted by atomic mass is 10.2. The second-order valence-electron chi connectivity index (χ2n) is 5.41. The van der Waals surface area contributed by atoms with Crippen LogP contribution >= 0.6 is 0 Å². The van der Waals surface area contributed by atoms with Crippen LogP contribution in [0.5, 0.6) is 0 Å². The zero-order valence-electron chi connectivity index (χ0n) is 12.3. The molecule has 4 N–H and O–H groups in total. The van der Waals surface area contributed by atoms with Crippen LogP contribution in [0.15, 0.2) is 18.2 Å². The van der Waals surface area contributed by atoms with Crippen molar-refractivity contribution in [1.29, 1.82) is 0 Å². The van der Waals surface area contributed by atoms with E-state index in [-0.39, 0.29) is 24.3 Å². The molecule has 0 spiro atoms. The molecule has 116 valence electrons. The van der Waals surface area contributed by atoms with Crippen molar-refractivity contribution in [2.45, 2.75) is 26.4 Å². The molecule has 0 atom stereocenters. The molecule has 21 heavy (non-hydrogen) atoms. The van der Waals surface area contributed by atoms with E-state index in [1.54, 1.807) is 20.8 Å². The van der Waals surface area contributed by atoms with Crippen LogP contribution in [0, 0.1) is 5.82 Å². The highest BCUT2D eigenvalue weighted by Gasteiger charge is 2.15. The summed E-state index contributed by atoms with van der Waals surface area (Å²) in [5, 5.41) is 5.30. The van der Waals surface area contributed by atoms with Gasteiger partial charge in [-0.15, -0.1) is 0 Å². The fourth-order valence-electron chi connectivity index (χ4n) is 1.49. The van der Waals surface area contributed by atoms with E-state index in [4.69, 9.17) is 10.5 Å². The number of anilines is 1. The second kappa shape index (κ2) is 6.92. The number of nitrogens with two attached hydrogens (primary N) is 1. The van der Waals surface area contributed by atoms with E-state index in [1.807, 2.05) is 0 Å². The lowest BCUT2D eigenvalue weighted by Gasteiger charge is -2.19. The molecule has 0 fully saturated rings. The number of carbonyl (C=O) groups excluding carboxylic acids is 2. The minimum atomic E-state index is -0.634. The van der Waals surface area contributed by atoms with E-state index in [2.05, 4.69) is 10.6 Å². The third kappa shape index (κ3) is 6.11. The summed E-state index contributed by atoms with van der Waals surface area (Å²) in [5.41, 5.74) is 4.91. The standard InChI is InChI=1S/C14H20FN3O3/c1-14(2,3)21-13(20)18-7-6-17-11-8-9(12(16)19)4-5-10(11)15/h4-5,8,17H,6-7H2,1-3H3,(H2,16,19)(H,18,20). The van der Waals surface area contributed by atoms with Gasteiger partial charge in [0.2, 0.25) is 5.91 Å². The number of hydrogen-bond donors (Lipinski definition) is 3. The molecule has 0 aliphatic rings. The molecular weight excluding hydrogens is 277 g/mol. The summed E-state index contributed by atoms with van der Waals surface area (Å²) >= 11 is 0. The number of ether oxygens (including phenoxy) is 1. The summed E-state index contributed by atoms with van der Waals surface area (Å²) in [6, 6.07) is 3.79. The van der Waals surface area contributed by atoms with Crippen molar-refractivity contribution in [1.82, 2.24) is 5.32 Å². The third-order valence-corrected chi connectivity index (χ3v) is 2.36. The predicted molar refractivity (Wildman–Crippen MR) is 77.6 cm³/mol. The molecule has 0 saturated carbocycles. The number of nitrogens with one attached hydrogen (secondary N) is 2. The normalized spacial score (nSPS) is 10.9. The first-order valence-electron chi connectivity index (χ1n) is 6.49. The highest BCUT2D eigenvalue weighted by Crippen LogP contribution is 2.15. The molecule has 1 rings (SSSR count). The van der Waals surface area contributed by atoms with Gasteiger partial charge >= 0.3 is 6.09 Å². The van der Waals surface area contributed by atoms with E-state index in [0.717, 1.165) is 6.07 Å². The number of carbonyl (C=O) groups is 2. The molecule has 7 heteroatoms. The number of primary amides is 1. The van der Waals surface area contributed by atoms with E-state index < -0.39 is 23.4 Å². The molecule has 0 aliphatic heterocycles. The second-order valence-corrected chi connectivity index (χ2v) is 5.41. The number of rotatable bonds is 5. The molecule has 0 bridgehead atoms. The summed E-state index contributed by atoms with van der Waals surface area (Å²) in [5.74, 6) is -1.14. The van der Waals surface area contributed by atoms with Crippen molar-refractivity contribution in [3.63, 3.8) is 0 Å². The first-order valence-corrected chi connectivity index (χ1v) is 6.49. The van der Waals surface area contributed by atoms with Crippen LogP contribution in [-0.4, -0.2) is 30.7 Å². The van der Waals surface area contributed by atoms with Crippen molar-refractivity contribution < 1.29 is 18.7 Å². The van der Waals surface area contributed by atoms with Crippen molar-refractivity contribution in [3.8, 4) is 0 Å². The number of halogens is 1. The van der Waals surface area contributed by atoms with Gasteiger partial charge in [-0.3, -0.25) is 4.79 Å². The summed E-state index contributed by atoms with van der Waals surface area (Å²) in [6.07, 6.45) is -0.546. The van der Waals surface area contributed by atoms with Crippen molar-refractivity contribution >= 4 is 17.7 Å². The smallest absolute Gasteiger partial charge is 0.407 e. The van der Waals surface area contributed by atoms with Gasteiger partial charge in [0, 0.05) is 18.7 Å². The number of hydrogen-bond acceptors (Lipinski definition) is 4. The summed E-state index contributed by atoms with van der Waals surface area (Å²) < 4.78 is 18.6. The maximum absolute atomic E-state index is 13.5. The highest BCUT2D eigenvalue weighted by atomic mass is 19.1. The molecule has 0 heterocycles. The highest BCUT2D eigenvalue weighted by molar-refractivity contribution is 5.93. The maximum atomic E-state index is 13.5. The van der Waals surface area contributed by atoms with Crippen molar-refractivity contribution in [2.24, 2.45) is 5.73 Å². The topological polar surface area (TPSA) is 93.4 Å². The largest absolute Gasteiger partial charge is 0.444 e. The molecule has 1 aromatic carbocycles. The Morgan fingerprint density at radius 3 is 2.52 bits per heavy atom. The Kier molecular flexibility index (Phi) is 5.52. The number of amides is 2. The Morgan fingerprint density at radius 2 is 1.95 bits per heavy atom. The SMILES string of the molecule is CC(C)(C)OC(=O)NCCNc1cc(C(N)=O)ccc1F. The summed E-state index contributed by atoms with van der Waals surface area (Å²) in [7, 11) is 0. The molecule has 2 amide bonds. The Morgan fingerprint density at radius 1 is 1.29 bits per heavy atom. The van der Waals surface area contributed by atoms with Crippen molar-refractivity contribution in [2.75, 3.05) is 18.4 Å². The van der Waals surface area contributed by atoms with Crippen LogP contribution in [0.4, 0.5) is 14.9 Å². The average Bonchev–Trinajstić information content (AvgIpc) is 2.34. The monoisotopic (exact) mass is 297 g/mol. The summed E-state index contributed by atoms with van der Waals surface area (Å²) in [4.78, 5) is 22.4. The minimum absolute atomic E-state index is 0.150. The van der Waals surface area contributed by atoms with Gasteiger partial charge in [-0.1, -0.05) is 0 Å². The summed E-state index contributed by atoms with van der Waals surface area (Å²) in [6.45, 7) is 5.80. The van der Waals surface area contributed by atoms with E-state index in [1.165, 1.54) is 12.1 Å². The Hall–Kier alpha value is -2.31. The molecule has 0 aliphatic carbocycles. The maximum Gasteiger partial charge on any atom is 0.407 e. The van der Waals surface area contributed by atoms with Gasteiger partial charge in [-0.25, -0.2) is 9.18 Å². The van der Waals surface area contributed by atoms with Gasteiger partial charge < -0.3 is 21.1 Å². The van der Waals surface area contributed by atoms with Crippen LogP contribution < -0.4 is 16.4 Å². The first-order chi connectivity index (χ1) is 9.69. The van der Waals surface area contributed by atoms with Gasteiger partial charge in [0.25, 0.3) is 0 Å². The molecule has 0 aromatic heterocycles. The van der Waals surface area contributed by atoms with Gasteiger partial charge in [-0.05, 0) is 39.0 Å². The predicted octanol–water partition coefficient (Wildman–Crippen LogP) is 1.86. The Bertz CT molecular complexity index is 527. The van der Waals surface area contributed by atoms with Gasteiger partial charge in [0.05, 0.1) is 5.69 Å². The zero-order chi connectivity index (χ0) is 16.0. The fourth-order valence-corrected chi connectivity index (χ4v) is 1.49. The number of alkyl carbamates (subject to hydrolysis) is 1. The number of benzene rings is 1. The zero-order valence-corrected chi connectivity index (χ0v) is 12.3. The molecule has 1 aromatic rings. The molecule has 0 unspecified atom stereocenters. The Balaban J connectivity index is 2.44. The fraction of sp³-hybridized carbons (Fsp3) is 0.429. The molecule has 0 saturated heterocycles. The molecule has 6 nitrogen and oxygen atoms in total.